The molecule has 0 spiro atoms. The highest BCUT2D eigenvalue weighted by molar-refractivity contribution is 5.32. The summed E-state index contributed by atoms with van der Waals surface area (Å²) >= 11 is 0. The quantitative estimate of drug-likeness (QED) is 0.862. The highest BCUT2D eigenvalue weighted by atomic mass is 16.5. The second kappa shape index (κ2) is 5.54. The molecular weight excluding hydrogens is 210 g/mol. The molecule has 1 atom stereocenters. The molecule has 1 aromatic carbocycles. The molecular formula is C15H23NO. The second-order valence-corrected chi connectivity index (χ2v) is 5.21. The molecule has 1 aromatic rings. The van der Waals surface area contributed by atoms with Crippen LogP contribution < -0.4 is 10.1 Å². The Bertz CT molecular complexity index is 338. The van der Waals surface area contributed by atoms with E-state index in [-0.39, 0.29) is 0 Å². The van der Waals surface area contributed by atoms with Crippen LogP contribution in [0.2, 0.25) is 0 Å². The van der Waals surface area contributed by atoms with Crippen LogP contribution in [0.3, 0.4) is 0 Å². The zero-order valence-electron chi connectivity index (χ0n) is 11.0. The van der Waals surface area contributed by atoms with E-state index < -0.39 is 0 Å². The van der Waals surface area contributed by atoms with Crippen LogP contribution in [0.25, 0.3) is 0 Å². The van der Waals surface area contributed by atoms with Crippen LogP contribution in [0, 0.1) is 0 Å². The minimum Gasteiger partial charge on any atom is -0.494 e. The summed E-state index contributed by atoms with van der Waals surface area (Å²) in [5, 5.41) is 3.49. The number of nitrogens with one attached hydrogen (secondary N) is 1. The van der Waals surface area contributed by atoms with Crippen molar-refractivity contribution in [2.75, 3.05) is 19.7 Å². The van der Waals surface area contributed by atoms with Crippen molar-refractivity contribution in [3.05, 3.63) is 29.8 Å². The number of hydrogen-bond acceptors (Lipinski definition) is 2. The normalized spacial score (nSPS) is 24.6. The molecule has 0 radical (unpaired) electrons. The first-order valence-corrected chi connectivity index (χ1v) is 6.69. The minimum atomic E-state index is 0.293. The highest BCUT2D eigenvalue weighted by Crippen LogP contribution is 2.31. The van der Waals surface area contributed by atoms with Crippen molar-refractivity contribution >= 4 is 0 Å². The van der Waals surface area contributed by atoms with Gasteiger partial charge in [-0.3, -0.25) is 0 Å². The molecule has 0 aromatic heterocycles. The molecule has 17 heavy (non-hydrogen) atoms. The molecule has 1 N–H and O–H groups in total. The fraction of sp³-hybridized carbons (Fsp3) is 0.600. The average molecular weight is 233 g/mol. The van der Waals surface area contributed by atoms with E-state index in [1.54, 1.807) is 0 Å². The van der Waals surface area contributed by atoms with Gasteiger partial charge in [-0.15, -0.1) is 0 Å². The van der Waals surface area contributed by atoms with Crippen molar-refractivity contribution in [2.24, 2.45) is 0 Å². The van der Waals surface area contributed by atoms with Crippen LogP contribution in [0.4, 0.5) is 0 Å². The third kappa shape index (κ3) is 3.01. The largest absolute Gasteiger partial charge is 0.494 e. The molecule has 1 unspecified atom stereocenters. The molecule has 0 aliphatic carbocycles. The van der Waals surface area contributed by atoms with E-state index in [9.17, 15) is 0 Å². The first-order valence-electron chi connectivity index (χ1n) is 6.69. The minimum absolute atomic E-state index is 0.293. The lowest BCUT2D eigenvalue weighted by atomic mass is 9.76. The van der Waals surface area contributed by atoms with Crippen molar-refractivity contribution in [2.45, 2.75) is 38.5 Å². The van der Waals surface area contributed by atoms with Crippen molar-refractivity contribution in [3.63, 3.8) is 0 Å². The van der Waals surface area contributed by atoms with Gasteiger partial charge < -0.3 is 10.1 Å². The zero-order chi connectivity index (χ0) is 12.1. The van der Waals surface area contributed by atoms with Crippen LogP contribution in [0.15, 0.2) is 24.3 Å². The van der Waals surface area contributed by atoms with Crippen LogP contribution in [-0.4, -0.2) is 19.7 Å². The summed E-state index contributed by atoms with van der Waals surface area (Å²) in [6.07, 6.45) is 3.60. The van der Waals surface area contributed by atoms with Crippen LogP contribution in [0.5, 0.6) is 5.75 Å². The van der Waals surface area contributed by atoms with Gasteiger partial charge in [0.25, 0.3) is 0 Å². The molecule has 2 heteroatoms. The Labute approximate surface area is 104 Å². The van der Waals surface area contributed by atoms with E-state index in [0.717, 1.165) is 31.9 Å². The highest BCUT2D eigenvalue weighted by Gasteiger charge is 2.28. The van der Waals surface area contributed by atoms with E-state index in [4.69, 9.17) is 4.74 Å². The van der Waals surface area contributed by atoms with Gasteiger partial charge in [0.15, 0.2) is 0 Å². The number of piperidine rings is 1. The molecule has 1 aliphatic rings. The molecule has 0 saturated carbocycles. The molecule has 1 fully saturated rings. The standard InChI is InChI=1S/C15H23NO/c1-3-11-17-14-7-5-13(6-8-14)15(2)9-4-10-16-12-15/h5-8,16H,3-4,9-12H2,1-2H3. The van der Waals surface area contributed by atoms with Gasteiger partial charge in [-0.05, 0) is 43.5 Å². The number of ether oxygens (including phenoxy) is 1. The van der Waals surface area contributed by atoms with Crippen LogP contribution in [0.1, 0.15) is 38.7 Å². The van der Waals surface area contributed by atoms with Crippen molar-refractivity contribution in [3.8, 4) is 5.75 Å². The molecule has 2 nitrogen and oxygen atoms in total. The van der Waals surface area contributed by atoms with E-state index in [0.29, 0.717) is 5.41 Å². The van der Waals surface area contributed by atoms with Gasteiger partial charge in [0.1, 0.15) is 5.75 Å². The molecule has 0 bridgehead atoms. The number of rotatable bonds is 4. The van der Waals surface area contributed by atoms with Crippen molar-refractivity contribution < 1.29 is 4.74 Å². The van der Waals surface area contributed by atoms with E-state index >= 15 is 0 Å². The Balaban J connectivity index is 2.06. The lowest BCUT2D eigenvalue weighted by Gasteiger charge is -2.34. The Morgan fingerprint density at radius 1 is 1.29 bits per heavy atom. The van der Waals surface area contributed by atoms with Gasteiger partial charge in [-0.1, -0.05) is 26.0 Å². The molecule has 1 aliphatic heterocycles. The summed E-state index contributed by atoms with van der Waals surface area (Å²) in [7, 11) is 0. The van der Waals surface area contributed by atoms with Gasteiger partial charge in [0, 0.05) is 12.0 Å². The van der Waals surface area contributed by atoms with Crippen LogP contribution >= 0.6 is 0 Å². The smallest absolute Gasteiger partial charge is 0.119 e. The first-order chi connectivity index (χ1) is 8.24. The maximum absolute atomic E-state index is 5.61. The third-order valence-corrected chi connectivity index (χ3v) is 3.62. The molecule has 94 valence electrons. The maximum Gasteiger partial charge on any atom is 0.119 e. The fourth-order valence-electron chi connectivity index (χ4n) is 2.48. The summed E-state index contributed by atoms with van der Waals surface area (Å²) in [6.45, 7) is 7.53. The molecule has 2 rings (SSSR count). The lowest BCUT2D eigenvalue weighted by molar-refractivity contribution is 0.315. The van der Waals surface area contributed by atoms with Gasteiger partial charge in [-0.25, -0.2) is 0 Å². The zero-order valence-corrected chi connectivity index (χ0v) is 11.0. The predicted molar refractivity (Wildman–Crippen MR) is 71.7 cm³/mol. The Hall–Kier alpha value is -1.02. The summed E-state index contributed by atoms with van der Waals surface area (Å²) in [6, 6.07) is 8.64. The number of benzene rings is 1. The Morgan fingerprint density at radius 3 is 2.65 bits per heavy atom. The van der Waals surface area contributed by atoms with Gasteiger partial charge in [-0.2, -0.15) is 0 Å². The summed E-state index contributed by atoms with van der Waals surface area (Å²) in [5.74, 6) is 0.989. The summed E-state index contributed by atoms with van der Waals surface area (Å²) in [5.41, 5.74) is 1.72. The van der Waals surface area contributed by atoms with E-state index in [1.165, 1.54) is 18.4 Å². The third-order valence-electron chi connectivity index (χ3n) is 3.62. The summed E-state index contributed by atoms with van der Waals surface area (Å²) < 4.78 is 5.61. The van der Waals surface area contributed by atoms with Crippen LogP contribution in [-0.2, 0) is 5.41 Å². The Kier molecular flexibility index (Phi) is 4.06. The maximum atomic E-state index is 5.61. The predicted octanol–water partition coefficient (Wildman–Crippen LogP) is 3.12. The van der Waals surface area contributed by atoms with Crippen molar-refractivity contribution in [1.29, 1.82) is 0 Å². The number of hydrogen-bond donors (Lipinski definition) is 1. The van der Waals surface area contributed by atoms with Crippen molar-refractivity contribution in [1.82, 2.24) is 5.32 Å². The Morgan fingerprint density at radius 2 is 2.06 bits per heavy atom. The topological polar surface area (TPSA) is 21.3 Å². The fourth-order valence-corrected chi connectivity index (χ4v) is 2.48. The first kappa shape index (κ1) is 12.4. The molecule has 1 saturated heterocycles. The van der Waals surface area contributed by atoms with Gasteiger partial charge in [0.2, 0.25) is 0 Å². The molecule has 0 amide bonds. The SMILES string of the molecule is CCCOc1ccc(C2(C)CCCNC2)cc1. The monoisotopic (exact) mass is 233 g/mol. The summed E-state index contributed by atoms with van der Waals surface area (Å²) in [4.78, 5) is 0. The molecule has 1 heterocycles. The van der Waals surface area contributed by atoms with E-state index in [1.807, 2.05) is 0 Å². The second-order valence-electron chi connectivity index (χ2n) is 5.21. The van der Waals surface area contributed by atoms with Gasteiger partial charge >= 0.3 is 0 Å². The average Bonchev–Trinajstić information content (AvgIpc) is 2.38. The van der Waals surface area contributed by atoms with E-state index in [2.05, 4.69) is 43.4 Å². The van der Waals surface area contributed by atoms with Gasteiger partial charge in [0.05, 0.1) is 6.61 Å². The lowest BCUT2D eigenvalue weighted by Crippen LogP contribution is -2.41.